The molecule has 0 saturated carbocycles. The summed E-state index contributed by atoms with van der Waals surface area (Å²) in [7, 11) is 0. The second-order valence-electron chi connectivity index (χ2n) is 7.28. The van der Waals surface area contributed by atoms with Crippen LogP contribution in [0.1, 0.15) is 35.9 Å². The number of rotatable bonds is 3. The number of ether oxygens (including phenoxy) is 2. The number of amides is 1. The van der Waals surface area contributed by atoms with Crippen LogP contribution in [0.4, 0.5) is 0 Å². The van der Waals surface area contributed by atoms with Gasteiger partial charge in [0, 0.05) is 25.2 Å². The highest BCUT2D eigenvalue weighted by Crippen LogP contribution is 2.32. The number of fused-ring (bicyclic) bond motifs is 1. The summed E-state index contributed by atoms with van der Waals surface area (Å²) in [5, 5.41) is 8.37. The molecule has 1 amide bonds. The fourth-order valence-electron chi connectivity index (χ4n) is 3.71. The summed E-state index contributed by atoms with van der Waals surface area (Å²) in [5.74, 6) is 1.64. The van der Waals surface area contributed by atoms with Crippen molar-refractivity contribution >= 4 is 5.91 Å². The maximum Gasteiger partial charge on any atom is 0.276 e. The molecular weight excluding hydrogens is 346 g/mol. The first-order valence-corrected chi connectivity index (χ1v) is 9.42. The molecule has 4 rings (SSSR count). The van der Waals surface area contributed by atoms with E-state index >= 15 is 0 Å². The van der Waals surface area contributed by atoms with Crippen molar-refractivity contribution < 1.29 is 14.3 Å². The van der Waals surface area contributed by atoms with Gasteiger partial charge in [-0.25, -0.2) is 4.68 Å². The molecule has 144 valence electrons. The minimum atomic E-state index is -0.0818. The lowest BCUT2D eigenvalue weighted by molar-refractivity contribution is 0.0654. The maximum atomic E-state index is 13.0. The zero-order valence-electron chi connectivity index (χ0n) is 15.7. The van der Waals surface area contributed by atoms with E-state index in [1.165, 1.54) is 0 Å². The molecule has 0 radical (unpaired) electrons. The number of carbonyl (C=O) groups is 1. The van der Waals surface area contributed by atoms with Gasteiger partial charge in [-0.15, -0.1) is 5.10 Å². The van der Waals surface area contributed by atoms with Crippen molar-refractivity contribution in [3.8, 4) is 17.2 Å². The second kappa shape index (κ2) is 7.19. The third-order valence-corrected chi connectivity index (χ3v) is 5.36. The van der Waals surface area contributed by atoms with Gasteiger partial charge in [-0.2, -0.15) is 0 Å². The van der Waals surface area contributed by atoms with E-state index < -0.39 is 0 Å². The summed E-state index contributed by atoms with van der Waals surface area (Å²) in [6.45, 7) is 6.34. The van der Waals surface area contributed by atoms with E-state index in [9.17, 15) is 4.79 Å². The van der Waals surface area contributed by atoms with Crippen molar-refractivity contribution in [2.75, 3.05) is 26.3 Å². The number of likely N-dealkylation sites (tertiary alicyclic amines) is 1. The molecule has 3 heterocycles. The second-order valence-corrected chi connectivity index (χ2v) is 7.28. The van der Waals surface area contributed by atoms with E-state index in [1.54, 1.807) is 4.68 Å². The molecule has 2 aliphatic rings. The van der Waals surface area contributed by atoms with Gasteiger partial charge in [0.05, 0.1) is 11.4 Å². The highest BCUT2D eigenvalue weighted by Gasteiger charge is 2.29. The summed E-state index contributed by atoms with van der Waals surface area (Å²) in [6.07, 6.45) is 2.03. The van der Waals surface area contributed by atoms with Gasteiger partial charge >= 0.3 is 0 Å². The van der Waals surface area contributed by atoms with Gasteiger partial charge < -0.3 is 20.1 Å². The van der Waals surface area contributed by atoms with Gasteiger partial charge in [-0.3, -0.25) is 4.79 Å². The predicted molar refractivity (Wildman–Crippen MR) is 99.4 cm³/mol. The molecule has 0 spiro atoms. The number of benzene rings is 1. The number of hydrogen-bond acceptors (Lipinski definition) is 6. The van der Waals surface area contributed by atoms with Crippen LogP contribution < -0.4 is 15.2 Å². The normalized spacial score (nSPS) is 20.4. The Bertz CT molecular complexity index is 848. The van der Waals surface area contributed by atoms with Gasteiger partial charge in [0.25, 0.3) is 5.91 Å². The summed E-state index contributed by atoms with van der Waals surface area (Å²) in [6, 6.07) is 5.67. The van der Waals surface area contributed by atoms with Crippen LogP contribution in [0.3, 0.4) is 0 Å². The quantitative estimate of drug-likeness (QED) is 0.879. The number of carbonyl (C=O) groups excluding carboxylic acids is 1. The van der Waals surface area contributed by atoms with Crippen LogP contribution in [-0.4, -0.2) is 58.1 Å². The first-order valence-electron chi connectivity index (χ1n) is 9.42. The van der Waals surface area contributed by atoms with Crippen LogP contribution in [0.25, 0.3) is 5.69 Å². The minimum Gasteiger partial charge on any atom is -0.486 e. The van der Waals surface area contributed by atoms with Crippen LogP contribution >= 0.6 is 0 Å². The van der Waals surface area contributed by atoms with E-state index in [0.29, 0.717) is 48.6 Å². The number of piperidine rings is 1. The van der Waals surface area contributed by atoms with Crippen LogP contribution in [-0.2, 0) is 0 Å². The molecule has 2 aromatic rings. The summed E-state index contributed by atoms with van der Waals surface area (Å²) < 4.78 is 12.9. The van der Waals surface area contributed by atoms with Crippen LogP contribution in [0.15, 0.2) is 18.2 Å². The molecular formula is C19H25N5O3. The van der Waals surface area contributed by atoms with Gasteiger partial charge in [0.1, 0.15) is 13.2 Å². The van der Waals surface area contributed by atoms with E-state index in [2.05, 4.69) is 10.3 Å². The molecule has 8 heteroatoms. The largest absolute Gasteiger partial charge is 0.486 e. The molecule has 1 aromatic heterocycles. The monoisotopic (exact) mass is 371 g/mol. The van der Waals surface area contributed by atoms with Crippen molar-refractivity contribution in [3.63, 3.8) is 0 Å². The molecule has 2 aliphatic heterocycles. The predicted octanol–water partition coefficient (Wildman–Crippen LogP) is 1.55. The lowest BCUT2D eigenvalue weighted by Gasteiger charge is -2.34. The molecule has 1 aromatic carbocycles. The summed E-state index contributed by atoms with van der Waals surface area (Å²) in [5.41, 5.74) is 7.92. The fraction of sp³-hybridized carbons (Fsp3) is 0.526. The fourth-order valence-corrected chi connectivity index (χ4v) is 3.71. The molecule has 2 N–H and O–H groups in total. The standard InChI is InChI=1S/C19H25N5O3/c1-12(20)14-4-3-7-23(11-14)19(25)18-13(2)24(22-21-18)15-5-6-16-17(10-15)27-9-8-26-16/h5-6,10,12,14H,3-4,7-9,11,20H2,1-2H3. The van der Waals surface area contributed by atoms with Gasteiger partial charge in [-0.05, 0) is 44.7 Å². The Balaban J connectivity index is 1.58. The molecule has 0 aliphatic carbocycles. The van der Waals surface area contributed by atoms with Gasteiger partial charge in [-0.1, -0.05) is 5.21 Å². The van der Waals surface area contributed by atoms with Crippen LogP contribution in [0.5, 0.6) is 11.5 Å². The summed E-state index contributed by atoms with van der Waals surface area (Å²) in [4.78, 5) is 14.8. The Morgan fingerprint density at radius 3 is 2.85 bits per heavy atom. The zero-order chi connectivity index (χ0) is 19.0. The molecule has 8 nitrogen and oxygen atoms in total. The first kappa shape index (κ1) is 17.8. The molecule has 1 saturated heterocycles. The Morgan fingerprint density at radius 1 is 1.30 bits per heavy atom. The van der Waals surface area contributed by atoms with Gasteiger partial charge in [0.15, 0.2) is 17.2 Å². The summed E-state index contributed by atoms with van der Waals surface area (Å²) >= 11 is 0. The SMILES string of the molecule is Cc1c(C(=O)N2CCCC(C(C)N)C2)nnn1-c1ccc2c(c1)OCCO2. The highest BCUT2D eigenvalue weighted by atomic mass is 16.6. The Labute approximate surface area is 158 Å². The van der Waals surface area contributed by atoms with Crippen molar-refractivity contribution in [1.29, 1.82) is 0 Å². The Kier molecular flexibility index (Phi) is 4.73. The molecule has 1 fully saturated rings. The van der Waals surface area contributed by atoms with Crippen LogP contribution in [0, 0.1) is 12.8 Å². The molecule has 2 unspecified atom stereocenters. The van der Waals surface area contributed by atoms with E-state index in [0.717, 1.165) is 25.1 Å². The van der Waals surface area contributed by atoms with Crippen molar-refractivity contribution in [1.82, 2.24) is 19.9 Å². The molecule has 2 atom stereocenters. The molecule has 0 bridgehead atoms. The average molecular weight is 371 g/mol. The number of nitrogens with zero attached hydrogens (tertiary/aromatic N) is 4. The smallest absolute Gasteiger partial charge is 0.276 e. The third-order valence-electron chi connectivity index (χ3n) is 5.36. The molecule has 27 heavy (non-hydrogen) atoms. The topological polar surface area (TPSA) is 95.5 Å². The van der Waals surface area contributed by atoms with E-state index in [-0.39, 0.29) is 11.9 Å². The van der Waals surface area contributed by atoms with E-state index in [4.69, 9.17) is 15.2 Å². The Hall–Kier alpha value is -2.61. The number of nitrogens with two attached hydrogens (primary N) is 1. The van der Waals surface area contributed by atoms with Gasteiger partial charge in [0.2, 0.25) is 0 Å². The minimum absolute atomic E-state index is 0.0788. The zero-order valence-corrected chi connectivity index (χ0v) is 15.7. The van der Waals surface area contributed by atoms with Crippen LogP contribution in [0.2, 0.25) is 0 Å². The maximum absolute atomic E-state index is 13.0. The third kappa shape index (κ3) is 3.37. The first-order chi connectivity index (χ1) is 13.0. The van der Waals surface area contributed by atoms with Crippen molar-refractivity contribution in [3.05, 3.63) is 29.6 Å². The van der Waals surface area contributed by atoms with Crippen molar-refractivity contribution in [2.45, 2.75) is 32.7 Å². The lowest BCUT2D eigenvalue weighted by atomic mass is 9.92. The lowest BCUT2D eigenvalue weighted by Crippen LogP contribution is -2.45. The van der Waals surface area contributed by atoms with Crippen molar-refractivity contribution in [2.24, 2.45) is 11.7 Å². The average Bonchev–Trinajstić information content (AvgIpc) is 3.08. The van der Waals surface area contributed by atoms with E-state index in [1.807, 2.05) is 36.9 Å². The number of aromatic nitrogens is 3. The number of hydrogen-bond donors (Lipinski definition) is 1. The Morgan fingerprint density at radius 2 is 2.07 bits per heavy atom. The highest BCUT2D eigenvalue weighted by molar-refractivity contribution is 5.93.